The summed E-state index contributed by atoms with van der Waals surface area (Å²) in [6.45, 7) is 7.46. The minimum atomic E-state index is -1.51. The van der Waals surface area contributed by atoms with E-state index in [-0.39, 0.29) is 6.10 Å². The van der Waals surface area contributed by atoms with Gasteiger partial charge >= 0.3 is 0 Å². The molecule has 0 aromatic heterocycles. The first-order valence-corrected chi connectivity index (χ1v) is 6.24. The molecule has 3 fully saturated rings. The van der Waals surface area contributed by atoms with Gasteiger partial charge in [-0.2, -0.15) is 0 Å². The van der Waals surface area contributed by atoms with Crippen molar-refractivity contribution in [3.05, 3.63) is 0 Å². The van der Waals surface area contributed by atoms with E-state index in [9.17, 15) is 4.39 Å². The maximum Gasteiger partial charge on any atom is 0.228 e. The van der Waals surface area contributed by atoms with E-state index in [2.05, 4.69) is 0 Å². The topological polar surface area (TPSA) is 46.2 Å². The van der Waals surface area contributed by atoms with Gasteiger partial charge in [-0.05, 0) is 27.7 Å². The fraction of sp³-hybridized carbons (Fsp3) is 1.00. The van der Waals surface area contributed by atoms with Gasteiger partial charge in [-0.15, -0.1) is 0 Å². The summed E-state index contributed by atoms with van der Waals surface area (Å²) in [5.74, 6) is -1.53. The van der Waals surface area contributed by atoms with Gasteiger partial charge in [0.15, 0.2) is 11.6 Å². The van der Waals surface area contributed by atoms with Gasteiger partial charge in [-0.25, -0.2) is 4.39 Å². The van der Waals surface area contributed by atoms with Crippen molar-refractivity contribution in [1.29, 1.82) is 0 Å². The van der Waals surface area contributed by atoms with E-state index in [1.165, 1.54) is 0 Å². The Morgan fingerprint density at radius 1 is 0.889 bits per heavy atom. The fourth-order valence-electron chi connectivity index (χ4n) is 2.73. The average Bonchev–Trinajstić information content (AvgIpc) is 2.56. The van der Waals surface area contributed by atoms with Crippen LogP contribution in [0.15, 0.2) is 0 Å². The first-order chi connectivity index (χ1) is 8.27. The van der Waals surface area contributed by atoms with Crippen LogP contribution in [-0.4, -0.2) is 49.0 Å². The van der Waals surface area contributed by atoms with Crippen LogP contribution in [0.3, 0.4) is 0 Å². The molecule has 0 unspecified atom stereocenters. The predicted molar refractivity (Wildman–Crippen MR) is 58.5 cm³/mol. The minimum absolute atomic E-state index is 0.297. The molecule has 0 spiro atoms. The van der Waals surface area contributed by atoms with Gasteiger partial charge in [0.25, 0.3) is 0 Å². The van der Waals surface area contributed by atoms with E-state index in [0.717, 1.165) is 0 Å². The molecular weight excluding hydrogens is 243 g/mol. The molecule has 0 bridgehead atoms. The molecular formula is C12H19FO5. The molecule has 0 aliphatic carbocycles. The number of fused-ring (bicyclic) bond motifs is 3. The smallest absolute Gasteiger partial charge is 0.228 e. The quantitative estimate of drug-likeness (QED) is 0.659. The Hall–Kier alpha value is -0.270. The summed E-state index contributed by atoms with van der Waals surface area (Å²) in [5, 5.41) is 0. The van der Waals surface area contributed by atoms with Crippen molar-refractivity contribution >= 4 is 0 Å². The number of rotatable bonds is 0. The zero-order valence-electron chi connectivity index (χ0n) is 11.0. The molecule has 5 nitrogen and oxygen atoms in total. The Morgan fingerprint density at radius 3 is 2.22 bits per heavy atom. The SMILES string of the molecule is CC1(C)O[C@@H]2[C@H](O1)[C@@H](F)O[C@@H]1COC(C)(C)O[C@@H]21. The van der Waals surface area contributed by atoms with Crippen molar-refractivity contribution in [3.63, 3.8) is 0 Å². The summed E-state index contributed by atoms with van der Waals surface area (Å²) in [7, 11) is 0. The zero-order valence-corrected chi connectivity index (χ0v) is 11.0. The fourth-order valence-corrected chi connectivity index (χ4v) is 2.73. The summed E-state index contributed by atoms with van der Waals surface area (Å²) in [5.41, 5.74) is 0. The van der Waals surface area contributed by atoms with Crippen LogP contribution in [0.1, 0.15) is 27.7 Å². The zero-order chi connectivity index (χ0) is 13.1. The standard InChI is InChI=1S/C12H19FO5/c1-11(2)14-5-6-7(16-11)8-9(10(13)15-6)18-12(3,4)17-8/h6-10H,5H2,1-4H3/t6-,7-,8+,9+,10+/m1/s1. The van der Waals surface area contributed by atoms with Crippen LogP contribution in [0.5, 0.6) is 0 Å². The lowest BCUT2D eigenvalue weighted by molar-refractivity contribution is -0.358. The largest absolute Gasteiger partial charge is 0.348 e. The van der Waals surface area contributed by atoms with Crippen LogP contribution in [0.4, 0.5) is 4.39 Å². The van der Waals surface area contributed by atoms with Gasteiger partial charge in [-0.1, -0.05) is 0 Å². The molecule has 104 valence electrons. The van der Waals surface area contributed by atoms with E-state index in [1.807, 2.05) is 13.8 Å². The highest BCUT2D eigenvalue weighted by atomic mass is 19.1. The van der Waals surface area contributed by atoms with Crippen molar-refractivity contribution in [1.82, 2.24) is 0 Å². The summed E-state index contributed by atoms with van der Waals surface area (Å²) < 4.78 is 41.8. The molecule has 0 saturated carbocycles. The molecule has 0 aromatic rings. The third kappa shape index (κ3) is 2.06. The average molecular weight is 262 g/mol. The van der Waals surface area contributed by atoms with E-state index < -0.39 is 36.2 Å². The van der Waals surface area contributed by atoms with Gasteiger partial charge in [0, 0.05) is 0 Å². The normalized spacial score (nSPS) is 49.5. The van der Waals surface area contributed by atoms with E-state index in [0.29, 0.717) is 6.61 Å². The monoisotopic (exact) mass is 262 g/mol. The van der Waals surface area contributed by atoms with Crippen molar-refractivity contribution in [3.8, 4) is 0 Å². The molecule has 3 aliphatic heterocycles. The molecule has 6 heteroatoms. The highest BCUT2D eigenvalue weighted by Crippen LogP contribution is 2.41. The summed E-state index contributed by atoms with van der Waals surface area (Å²) in [6.07, 6.45) is -3.53. The second-order valence-electron chi connectivity index (χ2n) is 5.88. The molecule has 3 rings (SSSR count). The third-order valence-corrected chi connectivity index (χ3v) is 3.43. The Kier molecular flexibility index (Phi) is 2.74. The number of ether oxygens (including phenoxy) is 5. The number of halogens is 1. The molecule has 0 radical (unpaired) electrons. The molecule has 0 aromatic carbocycles. The van der Waals surface area contributed by atoms with Crippen molar-refractivity contribution < 1.29 is 28.1 Å². The number of alkyl halides is 1. The molecule has 0 N–H and O–H groups in total. The van der Waals surface area contributed by atoms with E-state index in [4.69, 9.17) is 23.7 Å². The van der Waals surface area contributed by atoms with E-state index >= 15 is 0 Å². The Morgan fingerprint density at radius 2 is 1.50 bits per heavy atom. The van der Waals surface area contributed by atoms with Crippen molar-refractivity contribution in [2.45, 2.75) is 70.0 Å². The lowest BCUT2D eigenvalue weighted by atomic mass is 9.98. The van der Waals surface area contributed by atoms with E-state index in [1.54, 1.807) is 13.8 Å². The van der Waals surface area contributed by atoms with Gasteiger partial charge in [0.2, 0.25) is 6.36 Å². The summed E-state index contributed by atoms with van der Waals surface area (Å²) in [4.78, 5) is 0. The van der Waals surface area contributed by atoms with Crippen LogP contribution in [-0.2, 0) is 23.7 Å². The van der Waals surface area contributed by atoms with Crippen LogP contribution < -0.4 is 0 Å². The number of hydrogen-bond acceptors (Lipinski definition) is 5. The Labute approximate surface area is 105 Å². The van der Waals surface area contributed by atoms with Crippen LogP contribution >= 0.6 is 0 Å². The Bertz CT molecular complexity index is 345. The lowest BCUT2D eigenvalue weighted by Gasteiger charge is -2.46. The molecule has 3 heterocycles. The van der Waals surface area contributed by atoms with Gasteiger partial charge in [0.05, 0.1) is 6.61 Å². The van der Waals surface area contributed by atoms with Gasteiger partial charge in [0.1, 0.15) is 24.4 Å². The lowest BCUT2D eigenvalue weighted by Crippen LogP contribution is -2.62. The van der Waals surface area contributed by atoms with Crippen molar-refractivity contribution in [2.24, 2.45) is 0 Å². The molecule has 3 aliphatic rings. The maximum absolute atomic E-state index is 13.9. The minimum Gasteiger partial charge on any atom is -0.348 e. The molecule has 3 saturated heterocycles. The first kappa shape index (κ1) is 12.7. The van der Waals surface area contributed by atoms with Gasteiger partial charge < -0.3 is 23.7 Å². The highest BCUT2D eigenvalue weighted by molar-refractivity contribution is 4.98. The predicted octanol–water partition coefficient (Wildman–Crippen LogP) is 1.35. The first-order valence-electron chi connectivity index (χ1n) is 6.24. The Balaban J connectivity index is 1.84. The summed E-state index contributed by atoms with van der Waals surface area (Å²) >= 11 is 0. The highest BCUT2D eigenvalue weighted by Gasteiger charge is 2.58. The third-order valence-electron chi connectivity index (χ3n) is 3.43. The van der Waals surface area contributed by atoms with Crippen LogP contribution in [0.2, 0.25) is 0 Å². The molecule has 5 atom stereocenters. The number of hydrogen-bond donors (Lipinski definition) is 0. The second kappa shape index (κ2) is 3.86. The van der Waals surface area contributed by atoms with Crippen LogP contribution in [0.25, 0.3) is 0 Å². The summed E-state index contributed by atoms with van der Waals surface area (Å²) in [6, 6.07) is 0. The second-order valence-corrected chi connectivity index (χ2v) is 5.88. The molecule has 0 amide bonds. The van der Waals surface area contributed by atoms with Crippen LogP contribution in [0, 0.1) is 0 Å². The molecule has 18 heavy (non-hydrogen) atoms. The maximum atomic E-state index is 13.9. The van der Waals surface area contributed by atoms with Crippen molar-refractivity contribution in [2.75, 3.05) is 6.61 Å². The van der Waals surface area contributed by atoms with Gasteiger partial charge in [-0.3, -0.25) is 0 Å².